The molecular formula is C28H18N4OS3. The second kappa shape index (κ2) is 9.58. The number of hydrogen-bond acceptors (Lipinski definition) is 6. The molecule has 0 aliphatic rings. The van der Waals surface area contributed by atoms with Crippen molar-refractivity contribution in [3.8, 4) is 10.7 Å². The van der Waals surface area contributed by atoms with Crippen LogP contribution in [0.4, 0.5) is 5.69 Å². The summed E-state index contributed by atoms with van der Waals surface area (Å²) in [6, 6.07) is 25.3. The van der Waals surface area contributed by atoms with Crippen LogP contribution in [0.1, 0.15) is 4.88 Å². The van der Waals surface area contributed by atoms with Gasteiger partial charge in [0.05, 0.1) is 32.0 Å². The molecule has 2 aromatic carbocycles. The molecule has 0 atom stereocenters. The number of thiophene rings is 2. The maximum atomic E-state index is 11.8. The Morgan fingerprint density at radius 3 is 2.56 bits per heavy atom. The predicted octanol–water partition coefficient (Wildman–Crippen LogP) is 7.10. The molecule has 0 spiro atoms. The number of imidazole rings is 1. The van der Waals surface area contributed by atoms with Crippen molar-refractivity contribution in [1.29, 1.82) is 0 Å². The summed E-state index contributed by atoms with van der Waals surface area (Å²) in [7, 11) is 0. The largest absolute Gasteiger partial charge is 0.344 e. The van der Waals surface area contributed by atoms with Crippen molar-refractivity contribution in [3.63, 3.8) is 0 Å². The molecule has 0 unspecified atom stereocenters. The zero-order valence-corrected chi connectivity index (χ0v) is 21.2. The zero-order valence-electron chi connectivity index (χ0n) is 18.8. The molecule has 174 valence electrons. The van der Waals surface area contributed by atoms with Gasteiger partial charge in [0.15, 0.2) is 11.3 Å². The standard InChI is InChI=1S/C14H8N2OS.C14H10N2S2/c17-11-6-7-16-13-9(11)3-1-4-10(13)15-14(16)12-5-2-8-18-12;17-14(12-7-3-9-18-12)16-11-6-1-4-10-5-2-8-15-13(10)11/h1-8H;1-9H,(H,16,17). The fourth-order valence-electron chi connectivity index (χ4n) is 4.10. The average Bonchev–Trinajstić information content (AvgIpc) is 3.69. The van der Waals surface area contributed by atoms with E-state index in [-0.39, 0.29) is 5.43 Å². The van der Waals surface area contributed by atoms with E-state index in [1.807, 2.05) is 88.0 Å². The highest BCUT2D eigenvalue weighted by Crippen LogP contribution is 2.28. The summed E-state index contributed by atoms with van der Waals surface area (Å²) >= 11 is 8.67. The predicted molar refractivity (Wildman–Crippen MR) is 155 cm³/mol. The molecule has 0 saturated carbocycles. The average molecular weight is 523 g/mol. The van der Waals surface area contributed by atoms with Crippen molar-refractivity contribution in [2.45, 2.75) is 0 Å². The van der Waals surface area contributed by atoms with Gasteiger partial charge < -0.3 is 5.32 Å². The molecule has 8 heteroatoms. The third kappa shape index (κ3) is 4.15. The number of aromatic nitrogens is 3. The number of anilines is 1. The lowest BCUT2D eigenvalue weighted by Crippen LogP contribution is -2.09. The fourth-order valence-corrected chi connectivity index (χ4v) is 5.75. The van der Waals surface area contributed by atoms with E-state index < -0.39 is 0 Å². The first-order valence-electron chi connectivity index (χ1n) is 11.1. The molecule has 0 radical (unpaired) electrons. The maximum Gasteiger partial charge on any atom is 0.189 e. The topological polar surface area (TPSA) is 59.3 Å². The van der Waals surface area contributed by atoms with Gasteiger partial charge in [-0.15, -0.1) is 22.7 Å². The van der Waals surface area contributed by atoms with E-state index in [1.165, 1.54) is 0 Å². The van der Waals surface area contributed by atoms with Crippen molar-refractivity contribution in [3.05, 3.63) is 117 Å². The minimum Gasteiger partial charge on any atom is -0.344 e. The highest BCUT2D eigenvalue weighted by atomic mass is 32.1. The van der Waals surface area contributed by atoms with Crippen LogP contribution in [0, 0.1) is 0 Å². The number of rotatable bonds is 3. The summed E-state index contributed by atoms with van der Waals surface area (Å²) in [6.45, 7) is 0. The van der Waals surface area contributed by atoms with Gasteiger partial charge in [-0.25, -0.2) is 4.98 Å². The number of benzene rings is 2. The third-order valence-corrected chi connectivity index (χ3v) is 7.92. The smallest absolute Gasteiger partial charge is 0.189 e. The van der Waals surface area contributed by atoms with E-state index in [0.717, 1.165) is 53.6 Å². The van der Waals surface area contributed by atoms with E-state index in [4.69, 9.17) is 12.2 Å². The summed E-state index contributed by atoms with van der Waals surface area (Å²) < 4.78 is 2.00. The molecule has 5 heterocycles. The first-order valence-corrected chi connectivity index (χ1v) is 13.3. The Hall–Kier alpha value is -3.98. The van der Waals surface area contributed by atoms with Gasteiger partial charge in [-0.3, -0.25) is 14.2 Å². The van der Waals surface area contributed by atoms with Crippen LogP contribution < -0.4 is 10.7 Å². The normalized spacial score (nSPS) is 11.0. The van der Waals surface area contributed by atoms with E-state index in [9.17, 15) is 4.79 Å². The summed E-state index contributed by atoms with van der Waals surface area (Å²) in [4.78, 5) is 23.8. The monoisotopic (exact) mass is 522 g/mol. The van der Waals surface area contributed by atoms with Gasteiger partial charge in [-0.05, 0) is 47.2 Å². The van der Waals surface area contributed by atoms with Crippen LogP contribution in [-0.2, 0) is 0 Å². The van der Waals surface area contributed by atoms with Crippen molar-refractivity contribution >= 4 is 72.9 Å². The van der Waals surface area contributed by atoms with E-state index >= 15 is 0 Å². The molecule has 5 aromatic heterocycles. The Kier molecular flexibility index (Phi) is 5.98. The van der Waals surface area contributed by atoms with Crippen LogP contribution in [0.15, 0.2) is 107 Å². The molecular weight excluding hydrogens is 505 g/mol. The molecule has 0 bridgehead atoms. The lowest BCUT2D eigenvalue weighted by atomic mass is 10.2. The Labute approximate surface area is 219 Å². The van der Waals surface area contributed by atoms with Crippen LogP contribution in [0.5, 0.6) is 0 Å². The first kappa shape index (κ1) is 22.5. The van der Waals surface area contributed by atoms with Gasteiger partial charge in [0.1, 0.15) is 4.99 Å². The van der Waals surface area contributed by atoms with Crippen LogP contribution in [0.25, 0.3) is 38.0 Å². The van der Waals surface area contributed by atoms with Gasteiger partial charge in [0.25, 0.3) is 0 Å². The Balaban J connectivity index is 0.000000133. The second-order valence-corrected chi connectivity index (χ2v) is 10.3. The van der Waals surface area contributed by atoms with E-state index in [0.29, 0.717) is 0 Å². The van der Waals surface area contributed by atoms with Crippen LogP contribution in [0.2, 0.25) is 0 Å². The van der Waals surface area contributed by atoms with E-state index in [2.05, 4.69) is 15.3 Å². The van der Waals surface area contributed by atoms with Gasteiger partial charge in [0, 0.05) is 29.2 Å². The third-order valence-electron chi connectivity index (χ3n) is 5.72. The van der Waals surface area contributed by atoms with Gasteiger partial charge in [0.2, 0.25) is 0 Å². The minimum atomic E-state index is 0.0470. The maximum absolute atomic E-state index is 11.8. The number of nitrogens with zero attached hydrogens (tertiary/aromatic N) is 3. The number of thiocarbonyl (C=S) groups is 1. The Morgan fingerprint density at radius 2 is 1.72 bits per heavy atom. The molecule has 36 heavy (non-hydrogen) atoms. The van der Waals surface area contributed by atoms with Crippen molar-refractivity contribution in [2.24, 2.45) is 0 Å². The van der Waals surface area contributed by atoms with Gasteiger partial charge in [-0.1, -0.05) is 48.6 Å². The Morgan fingerprint density at radius 1 is 0.889 bits per heavy atom. The highest BCUT2D eigenvalue weighted by molar-refractivity contribution is 7.81. The summed E-state index contributed by atoms with van der Waals surface area (Å²) in [5.74, 6) is 0.899. The first-order chi connectivity index (χ1) is 17.7. The number of pyridine rings is 2. The van der Waals surface area contributed by atoms with Crippen LogP contribution in [0.3, 0.4) is 0 Å². The van der Waals surface area contributed by atoms with Crippen LogP contribution >= 0.6 is 34.9 Å². The zero-order chi connectivity index (χ0) is 24.5. The second-order valence-electron chi connectivity index (χ2n) is 7.95. The summed E-state index contributed by atoms with van der Waals surface area (Å²) in [6.07, 6.45) is 3.60. The minimum absolute atomic E-state index is 0.0470. The Bertz CT molecular complexity index is 1850. The quantitative estimate of drug-likeness (QED) is 0.251. The summed E-state index contributed by atoms with van der Waals surface area (Å²) in [5, 5.41) is 9.15. The molecule has 7 aromatic rings. The molecule has 0 amide bonds. The van der Waals surface area contributed by atoms with Crippen molar-refractivity contribution < 1.29 is 0 Å². The number of para-hydroxylation sites is 2. The molecule has 0 fully saturated rings. The van der Waals surface area contributed by atoms with Gasteiger partial charge in [-0.2, -0.15) is 0 Å². The van der Waals surface area contributed by atoms with Crippen molar-refractivity contribution in [1.82, 2.24) is 14.4 Å². The highest BCUT2D eigenvalue weighted by Gasteiger charge is 2.13. The van der Waals surface area contributed by atoms with E-state index in [1.54, 1.807) is 41.1 Å². The molecule has 0 saturated heterocycles. The number of nitrogens with one attached hydrogen (secondary N) is 1. The molecule has 1 N–H and O–H groups in total. The summed E-state index contributed by atoms with van der Waals surface area (Å²) in [5.41, 5.74) is 3.72. The lowest BCUT2D eigenvalue weighted by Gasteiger charge is -2.08. The van der Waals surface area contributed by atoms with Gasteiger partial charge >= 0.3 is 0 Å². The number of hydrogen-bond donors (Lipinski definition) is 1. The fraction of sp³-hybridized carbons (Fsp3) is 0. The lowest BCUT2D eigenvalue weighted by molar-refractivity contribution is 1.17. The molecule has 5 nitrogen and oxygen atoms in total. The molecule has 7 rings (SSSR count). The molecule has 0 aliphatic heterocycles. The van der Waals surface area contributed by atoms with Crippen molar-refractivity contribution in [2.75, 3.05) is 5.32 Å². The molecule has 0 aliphatic carbocycles. The number of fused-ring (bicyclic) bond motifs is 1. The van der Waals surface area contributed by atoms with Crippen LogP contribution in [-0.4, -0.2) is 19.4 Å². The SMILES string of the molecule is O=c1ccn2c(-c3cccs3)nc3cccc1c32.S=C(Nc1cccc2cccnc12)c1cccs1.